The van der Waals surface area contributed by atoms with Crippen molar-refractivity contribution in [2.45, 2.75) is 26.0 Å². The van der Waals surface area contributed by atoms with Crippen molar-refractivity contribution in [3.63, 3.8) is 0 Å². The lowest BCUT2D eigenvalue weighted by molar-refractivity contribution is 0.202. The molecule has 1 atom stereocenters. The van der Waals surface area contributed by atoms with E-state index in [4.69, 9.17) is 0 Å². The quantitative estimate of drug-likeness (QED) is 0.858. The third-order valence-electron chi connectivity index (χ3n) is 2.86. The Morgan fingerprint density at radius 2 is 1.75 bits per heavy atom. The second kappa shape index (κ2) is 5.57. The summed E-state index contributed by atoms with van der Waals surface area (Å²) in [6.45, 7) is 3.70. The van der Waals surface area contributed by atoms with Crippen LogP contribution in [0.5, 0.6) is 0 Å². The standard InChI is InChI=1S/C13H12BrF3N2O/c1-6(2)19-12(8(14)5-18-19)13(20)7-3-9(15)11(17)10(16)4-7/h3-6,13,20H,1-2H3. The monoisotopic (exact) mass is 348 g/mol. The second-order valence-corrected chi connectivity index (χ2v) is 5.47. The molecule has 1 N–H and O–H groups in total. The van der Waals surface area contributed by atoms with E-state index in [1.54, 1.807) is 0 Å². The highest BCUT2D eigenvalue weighted by atomic mass is 79.9. The molecule has 0 radical (unpaired) electrons. The van der Waals surface area contributed by atoms with Crippen LogP contribution in [0.15, 0.2) is 22.8 Å². The molecule has 7 heteroatoms. The van der Waals surface area contributed by atoms with Gasteiger partial charge in [-0.1, -0.05) is 0 Å². The molecule has 1 unspecified atom stereocenters. The maximum absolute atomic E-state index is 13.2. The molecule has 0 spiro atoms. The van der Waals surface area contributed by atoms with Crippen LogP contribution in [0.25, 0.3) is 0 Å². The summed E-state index contributed by atoms with van der Waals surface area (Å²) in [6.07, 6.45) is 0.160. The Kier molecular flexibility index (Phi) is 4.19. The summed E-state index contributed by atoms with van der Waals surface area (Å²) in [5, 5.41) is 14.4. The van der Waals surface area contributed by atoms with Crippen LogP contribution in [0.1, 0.15) is 37.3 Å². The highest BCUT2D eigenvalue weighted by Gasteiger charge is 2.23. The molecule has 0 aliphatic heterocycles. The molecule has 1 heterocycles. The van der Waals surface area contributed by atoms with Gasteiger partial charge < -0.3 is 5.11 Å². The van der Waals surface area contributed by atoms with Crippen LogP contribution in [0.2, 0.25) is 0 Å². The molecule has 0 fully saturated rings. The van der Waals surface area contributed by atoms with Gasteiger partial charge in [0.25, 0.3) is 0 Å². The fourth-order valence-corrected chi connectivity index (χ4v) is 2.40. The van der Waals surface area contributed by atoms with Crippen molar-refractivity contribution in [3.05, 3.63) is 51.5 Å². The van der Waals surface area contributed by atoms with Crippen LogP contribution in [0.4, 0.5) is 13.2 Å². The first kappa shape index (κ1) is 15.1. The first-order valence-electron chi connectivity index (χ1n) is 5.88. The molecule has 1 aromatic heterocycles. The van der Waals surface area contributed by atoms with Gasteiger partial charge in [0, 0.05) is 6.04 Å². The molecule has 0 aliphatic carbocycles. The lowest BCUT2D eigenvalue weighted by Gasteiger charge is -2.17. The normalized spacial score (nSPS) is 13.0. The predicted molar refractivity (Wildman–Crippen MR) is 70.7 cm³/mol. The van der Waals surface area contributed by atoms with Gasteiger partial charge in [0.2, 0.25) is 0 Å². The van der Waals surface area contributed by atoms with Crippen molar-refractivity contribution in [2.75, 3.05) is 0 Å². The van der Waals surface area contributed by atoms with Crippen LogP contribution >= 0.6 is 15.9 Å². The van der Waals surface area contributed by atoms with Crippen LogP contribution in [-0.2, 0) is 0 Å². The highest BCUT2D eigenvalue weighted by Crippen LogP contribution is 2.31. The molecule has 0 saturated heterocycles. The van der Waals surface area contributed by atoms with E-state index in [9.17, 15) is 18.3 Å². The van der Waals surface area contributed by atoms with Crippen LogP contribution in [0.3, 0.4) is 0 Å². The number of hydrogen-bond acceptors (Lipinski definition) is 2. The predicted octanol–water partition coefficient (Wildman–Crippen LogP) is 3.73. The van der Waals surface area contributed by atoms with E-state index >= 15 is 0 Å². The lowest BCUT2D eigenvalue weighted by Crippen LogP contribution is -2.13. The van der Waals surface area contributed by atoms with E-state index in [1.165, 1.54) is 10.9 Å². The van der Waals surface area contributed by atoms with Gasteiger partial charge in [0.1, 0.15) is 6.10 Å². The Hall–Kier alpha value is -1.34. The van der Waals surface area contributed by atoms with Crippen LogP contribution < -0.4 is 0 Å². The Morgan fingerprint density at radius 1 is 1.20 bits per heavy atom. The summed E-state index contributed by atoms with van der Waals surface area (Å²) >= 11 is 3.23. The fourth-order valence-electron chi connectivity index (χ4n) is 1.91. The van der Waals surface area contributed by atoms with Gasteiger partial charge in [-0.05, 0) is 47.5 Å². The van der Waals surface area contributed by atoms with E-state index < -0.39 is 23.6 Å². The Bertz CT molecular complexity index is 620. The van der Waals surface area contributed by atoms with Crippen LogP contribution in [-0.4, -0.2) is 14.9 Å². The minimum atomic E-state index is -1.56. The molecule has 0 amide bonds. The summed E-state index contributed by atoms with van der Waals surface area (Å²) in [5.74, 6) is -4.24. The lowest BCUT2D eigenvalue weighted by atomic mass is 10.1. The molecule has 20 heavy (non-hydrogen) atoms. The van der Waals surface area contributed by atoms with Gasteiger partial charge in [-0.25, -0.2) is 13.2 Å². The Balaban J connectivity index is 2.52. The third kappa shape index (κ3) is 2.60. The van der Waals surface area contributed by atoms with Gasteiger partial charge in [-0.2, -0.15) is 5.10 Å². The first-order chi connectivity index (χ1) is 9.32. The summed E-state index contributed by atoms with van der Waals surface area (Å²) in [4.78, 5) is 0. The van der Waals surface area contributed by atoms with Crippen molar-refractivity contribution in [1.29, 1.82) is 0 Å². The summed E-state index contributed by atoms with van der Waals surface area (Å²) in [5.41, 5.74) is 0.273. The van der Waals surface area contributed by atoms with E-state index in [-0.39, 0.29) is 11.6 Å². The molecule has 0 saturated carbocycles. The molecule has 2 aromatic rings. The summed E-state index contributed by atoms with van der Waals surface area (Å²) < 4.78 is 41.5. The number of nitrogens with zero attached hydrogens (tertiary/aromatic N) is 2. The van der Waals surface area contributed by atoms with Crippen LogP contribution in [0, 0.1) is 17.5 Å². The Morgan fingerprint density at radius 3 is 2.25 bits per heavy atom. The zero-order valence-corrected chi connectivity index (χ0v) is 12.3. The van der Waals surface area contributed by atoms with Crippen molar-refractivity contribution in [3.8, 4) is 0 Å². The maximum Gasteiger partial charge on any atom is 0.194 e. The zero-order chi connectivity index (χ0) is 15.0. The second-order valence-electron chi connectivity index (χ2n) is 4.62. The van der Waals surface area contributed by atoms with E-state index in [1.807, 2.05) is 13.8 Å². The highest BCUT2D eigenvalue weighted by molar-refractivity contribution is 9.10. The summed E-state index contributed by atoms with van der Waals surface area (Å²) in [7, 11) is 0. The van der Waals surface area contributed by atoms with Crippen molar-refractivity contribution >= 4 is 15.9 Å². The average Bonchev–Trinajstić information content (AvgIpc) is 2.76. The smallest absolute Gasteiger partial charge is 0.194 e. The van der Waals surface area contributed by atoms with Gasteiger partial charge >= 0.3 is 0 Å². The van der Waals surface area contributed by atoms with Crippen molar-refractivity contribution in [2.24, 2.45) is 0 Å². The Labute approximate surface area is 122 Å². The van der Waals surface area contributed by atoms with E-state index in [0.717, 1.165) is 12.1 Å². The zero-order valence-electron chi connectivity index (χ0n) is 10.7. The molecule has 0 aliphatic rings. The number of aromatic nitrogens is 2. The summed E-state index contributed by atoms with van der Waals surface area (Å²) in [6, 6.07) is 1.49. The minimum absolute atomic E-state index is 0.0545. The largest absolute Gasteiger partial charge is 0.382 e. The topological polar surface area (TPSA) is 38.0 Å². The molecule has 1 aromatic carbocycles. The molecule has 2 rings (SSSR count). The first-order valence-corrected chi connectivity index (χ1v) is 6.67. The number of benzene rings is 1. The fraction of sp³-hybridized carbons (Fsp3) is 0.308. The van der Waals surface area contributed by atoms with Crippen molar-refractivity contribution < 1.29 is 18.3 Å². The number of aliphatic hydroxyl groups is 1. The maximum atomic E-state index is 13.2. The van der Waals surface area contributed by atoms with Gasteiger partial charge in [-0.3, -0.25) is 4.68 Å². The minimum Gasteiger partial charge on any atom is -0.382 e. The number of aliphatic hydroxyl groups excluding tert-OH is 1. The third-order valence-corrected chi connectivity index (χ3v) is 3.47. The number of rotatable bonds is 3. The molecular formula is C13H12BrF3N2O. The van der Waals surface area contributed by atoms with Gasteiger partial charge in [-0.15, -0.1) is 0 Å². The number of hydrogen-bond donors (Lipinski definition) is 1. The van der Waals surface area contributed by atoms with E-state index in [0.29, 0.717) is 10.2 Å². The van der Waals surface area contributed by atoms with E-state index in [2.05, 4.69) is 21.0 Å². The average molecular weight is 349 g/mol. The molecular weight excluding hydrogens is 337 g/mol. The van der Waals surface area contributed by atoms with Crippen molar-refractivity contribution in [1.82, 2.24) is 9.78 Å². The van der Waals surface area contributed by atoms with Gasteiger partial charge in [0.05, 0.1) is 16.4 Å². The SMILES string of the molecule is CC(C)n1ncc(Br)c1C(O)c1cc(F)c(F)c(F)c1. The number of halogens is 4. The molecule has 108 valence electrons. The van der Waals surface area contributed by atoms with Gasteiger partial charge in [0.15, 0.2) is 17.5 Å². The molecule has 0 bridgehead atoms. The molecule has 3 nitrogen and oxygen atoms in total.